The van der Waals surface area contributed by atoms with Crippen LogP contribution < -0.4 is 4.90 Å². The van der Waals surface area contributed by atoms with E-state index in [1.165, 1.54) is 11.3 Å². The number of anilines is 1. The van der Waals surface area contributed by atoms with Gasteiger partial charge in [-0.05, 0) is 0 Å². The molecule has 2 heterocycles. The minimum atomic E-state index is 0.401. The van der Waals surface area contributed by atoms with E-state index in [1.807, 2.05) is 11.8 Å². The minimum absolute atomic E-state index is 0.401. The minimum Gasteiger partial charge on any atom is -0.378 e. The van der Waals surface area contributed by atoms with E-state index in [-0.39, 0.29) is 0 Å². The predicted octanol–water partition coefficient (Wildman–Crippen LogP) is 2.43. The lowest BCUT2D eigenvalue weighted by molar-refractivity contribution is 0.112. The SMILES string of the molecule is COCc1nc(N2CC(C)SC(C)C2)sc1C=O. The number of aldehydes is 1. The summed E-state index contributed by atoms with van der Waals surface area (Å²) in [4.78, 5) is 18.5. The highest BCUT2D eigenvalue weighted by molar-refractivity contribution is 8.00. The molecular weight excluding hydrogens is 268 g/mol. The fourth-order valence-electron chi connectivity index (χ4n) is 2.15. The van der Waals surface area contributed by atoms with Crippen molar-refractivity contribution in [1.82, 2.24) is 4.98 Å². The van der Waals surface area contributed by atoms with Crippen LogP contribution in [-0.4, -0.2) is 42.0 Å². The first-order valence-corrected chi connectivity index (χ1v) is 7.74. The average Bonchev–Trinajstić information content (AvgIpc) is 2.71. The molecule has 1 aromatic heterocycles. The molecule has 0 amide bonds. The summed E-state index contributed by atoms with van der Waals surface area (Å²) in [5.41, 5.74) is 0.756. The van der Waals surface area contributed by atoms with Crippen molar-refractivity contribution < 1.29 is 9.53 Å². The van der Waals surface area contributed by atoms with E-state index >= 15 is 0 Å². The zero-order chi connectivity index (χ0) is 13.1. The molecule has 1 aliphatic heterocycles. The highest BCUT2D eigenvalue weighted by atomic mass is 32.2. The standard InChI is InChI=1S/C12H18N2O2S2/c1-8-4-14(5-9(2)17-8)12-13-10(7-16-3)11(6-15)18-12/h6,8-9H,4-5,7H2,1-3H3. The Labute approximate surface area is 116 Å². The van der Waals surface area contributed by atoms with Crippen molar-refractivity contribution in [2.45, 2.75) is 31.0 Å². The molecular formula is C12H18N2O2S2. The van der Waals surface area contributed by atoms with Gasteiger partial charge in [0.1, 0.15) is 0 Å². The van der Waals surface area contributed by atoms with Crippen molar-refractivity contribution in [3.05, 3.63) is 10.6 Å². The molecule has 1 aromatic rings. The number of hydrogen-bond donors (Lipinski definition) is 0. The van der Waals surface area contributed by atoms with Gasteiger partial charge >= 0.3 is 0 Å². The second kappa shape index (κ2) is 6.04. The molecule has 6 heteroatoms. The van der Waals surface area contributed by atoms with Gasteiger partial charge in [0, 0.05) is 30.7 Å². The van der Waals surface area contributed by atoms with E-state index in [1.54, 1.807) is 7.11 Å². The van der Waals surface area contributed by atoms with Crippen LogP contribution >= 0.6 is 23.1 Å². The first-order chi connectivity index (χ1) is 8.63. The Morgan fingerprint density at radius 1 is 1.44 bits per heavy atom. The number of nitrogens with zero attached hydrogens (tertiary/aromatic N) is 2. The van der Waals surface area contributed by atoms with Crippen molar-refractivity contribution in [3.8, 4) is 0 Å². The Hall–Kier alpha value is -0.590. The van der Waals surface area contributed by atoms with Gasteiger partial charge in [0.05, 0.1) is 17.2 Å². The lowest BCUT2D eigenvalue weighted by Crippen LogP contribution is -2.40. The van der Waals surface area contributed by atoms with Gasteiger partial charge in [0.25, 0.3) is 0 Å². The number of rotatable bonds is 4. The molecule has 0 spiro atoms. The van der Waals surface area contributed by atoms with Crippen LogP contribution in [0.4, 0.5) is 5.13 Å². The van der Waals surface area contributed by atoms with Gasteiger partial charge < -0.3 is 9.64 Å². The van der Waals surface area contributed by atoms with Crippen LogP contribution in [0.25, 0.3) is 0 Å². The number of ether oxygens (including phenoxy) is 1. The molecule has 2 unspecified atom stereocenters. The van der Waals surface area contributed by atoms with Crippen LogP contribution in [-0.2, 0) is 11.3 Å². The summed E-state index contributed by atoms with van der Waals surface area (Å²) < 4.78 is 5.08. The van der Waals surface area contributed by atoms with Crippen LogP contribution in [0.1, 0.15) is 29.2 Å². The van der Waals surface area contributed by atoms with Crippen LogP contribution in [0.3, 0.4) is 0 Å². The molecule has 0 bridgehead atoms. The lowest BCUT2D eigenvalue weighted by Gasteiger charge is -2.34. The smallest absolute Gasteiger partial charge is 0.186 e. The van der Waals surface area contributed by atoms with E-state index < -0.39 is 0 Å². The zero-order valence-corrected chi connectivity index (χ0v) is 12.5. The van der Waals surface area contributed by atoms with Crippen LogP contribution in [0.5, 0.6) is 0 Å². The maximum atomic E-state index is 11.0. The molecule has 0 saturated carbocycles. The third-order valence-electron chi connectivity index (χ3n) is 2.79. The number of thiazole rings is 1. The molecule has 0 aliphatic carbocycles. The summed E-state index contributed by atoms with van der Waals surface area (Å²) in [5.74, 6) is 0. The molecule has 0 radical (unpaired) electrons. The summed E-state index contributed by atoms with van der Waals surface area (Å²) in [6.45, 7) is 6.86. The van der Waals surface area contributed by atoms with Crippen LogP contribution in [0.15, 0.2) is 0 Å². The summed E-state index contributed by atoms with van der Waals surface area (Å²) in [6.07, 6.45) is 0.876. The number of methoxy groups -OCH3 is 1. The largest absolute Gasteiger partial charge is 0.378 e. The molecule has 4 nitrogen and oxygen atoms in total. The Kier molecular flexibility index (Phi) is 4.64. The molecule has 2 atom stereocenters. The van der Waals surface area contributed by atoms with E-state index in [9.17, 15) is 4.79 Å². The molecule has 1 fully saturated rings. The first-order valence-electron chi connectivity index (χ1n) is 5.98. The van der Waals surface area contributed by atoms with Crippen molar-refractivity contribution in [1.29, 1.82) is 0 Å². The maximum Gasteiger partial charge on any atom is 0.186 e. The summed E-state index contributed by atoms with van der Waals surface area (Å²) in [7, 11) is 1.62. The molecule has 1 aliphatic rings. The van der Waals surface area contributed by atoms with Gasteiger partial charge in [-0.2, -0.15) is 11.8 Å². The molecule has 100 valence electrons. The van der Waals surface area contributed by atoms with Crippen molar-refractivity contribution in [2.24, 2.45) is 0 Å². The molecule has 18 heavy (non-hydrogen) atoms. The van der Waals surface area contributed by atoms with Crippen molar-refractivity contribution >= 4 is 34.5 Å². The number of thioether (sulfide) groups is 1. The van der Waals surface area contributed by atoms with E-state index in [0.29, 0.717) is 22.0 Å². The topological polar surface area (TPSA) is 42.4 Å². The first kappa shape index (κ1) is 13.8. The zero-order valence-electron chi connectivity index (χ0n) is 10.9. The highest BCUT2D eigenvalue weighted by Crippen LogP contribution is 2.32. The Bertz CT molecular complexity index is 412. The molecule has 0 N–H and O–H groups in total. The van der Waals surface area contributed by atoms with Gasteiger partial charge in [-0.15, -0.1) is 0 Å². The fourth-order valence-corrected chi connectivity index (χ4v) is 4.38. The third-order valence-corrected chi connectivity index (χ3v) is 5.11. The highest BCUT2D eigenvalue weighted by Gasteiger charge is 2.25. The second-order valence-electron chi connectivity index (χ2n) is 4.52. The molecule has 1 saturated heterocycles. The average molecular weight is 286 g/mol. The number of hydrogen-bond acceptors (Lipinski definition) is 6. The van der Waals surface area contributed by atoms with Gasteiger partial charge in [-0.25, -0.2) is 4.98 Å². The molecule has 0 aromatic carbocycles. The van der Waals surface area contributed by atoms with Gasteiger partial charge in [0.2, 0.25) is 0 Å². The predicted molar refractivity (Wildman–Crippen MR) is 76.9 cm³/mol. The normalized spacial score (nSPS) is 24.3. The number of carbonyl (C=O) groups is 1. The summed E-state index contributed by atoms with van der Waals surface area (Å²) in [5, 5.41) is 2.15. The van der Waals surface area contributed by atoms with Gasteiger partial charge in [-0.1, -0.05) is 25.2 Å². The Morgan fingerprint density at radius 2 is 2.11 bits per heavy atom. The van der Waals surface area contributed by atoms with Gasteiger partial charge in [0.15, 0.2) is 11.4 Å². The number of carbonyl (C=O) groups excluding carboxylic acids is 1. The Morgan fingerprint density at radius 3 is 2.67 bits per heavy atom. The summed E-state index contributed by atoms with van der Waals surface area (Å²) >= 11 is 3.48. The van der Waals surface area contributed by atoms with E-state index in [0.717, 1.165) is 30.2 Å². The van der Waals surface area contributed by atoms with Crippen LogP contribution in [0.2, 0.25) is 0 Å². The third kappa shape index (κ3) is 3.05. The van der Waals surface area contributed by atoms with Crippen molar-refractivity contribution in [3.63, 3.8) is 0 Å². The molecule has 2 rings (SSSR count). The number of aromatic nitrogens is 1. The monoisotopic (exact) mass is 286 g/mol. The van der Waals surface area contributed by atoms with E-state index in [2.05, 4.69) is 23.7 Å². The maximum absolute atomic E-state index is 11.0. The Balaban J connectivity index is 2.19. The second-order valence-corrected chi connectivity index (χ2v) is 7.41. The fraction of sp³-hybridized carbons (Fsp3) is 0.667. The lowest BCUT2D eigenvalue weighted by atomic mass is 10.3. The van der Waals surface area contributed by atoms with Gasteiger partial charge in [-0.3, -0.25) is 4.79 Å². The summed E-state index contributed by atoms with van der Waals surface area (Å²) in [6, 6.07) is 0. The van der Waals surface area contributed by atoms with E-state index in [4.69, 9.17) is 4.74 Å². The quantitative estimate of drug-likeness (QED) is 0.795. The van der Waals surface area contributed by atoms with Crippen LogP contribution in [0, 0.1) is 0 Å². The van der Waals surface area contributed by atoms with Crippen molar-refractivity contribution in [2.75, 3.05) is 25.1 Å².